The molecule has 1 aromatic rings. The van der Waals surface area contributed by atoms with Gasteiger partial charge in [-0.2, -0.15) is 0 Å². The van der Waals surface area contributed by atoms with E-state index in [9.17, 15) is 12.8 Å². The smallest absolute Gasteiger partial charge is 0.208 e. The van der Waals surface area contributed by atoms with E-state index in [1.807, 2.05) is 0 Å². The van der Waals surface area contributed by atoms with Crippen LogP contribution in [-0.2, 0) is 10.0 Å². The second kappa shape index (κ2) is 5.03. The van der Waals surface area contributed by atoms with E-state index in [-0.39, 0.29) is 10.9 Å². The molecule has 0 heterocycles. The summed E-state index contributed by atoms with van der Waals surface area (Å²) in [5.74, 6) is 2.09. The van der Waals surface area contributed by atoms with E-state index in [2.05, 4.69) is 4.72 Å². The molecule has 4 fully saturated rings. The first-order valence-electron chi connectivity index (χ1n) is 8.21. The van der Waals surface area contributed by atoms with Crippen molar-refractivity contribution in [3.8, 4) is 0 Å². The molecule has 120 valence electrons. The Balaban J connectivity index is 1.58. The Kier molecular flexibility index (Phi) is 3.35. The SMILES string of the molecule is Cc1ccc(S(=O)(=O)NC2C3CC4CC(C3)CC2C4)cc1F. The van der Waals surface area contributed by atoms with Gasteiger partial charge in [0.15, 0.2) is 0 Å². The van der Waals surface area contributed by atoms with Crippen molar-refractivity contribution in [1.29, 1.82) is 0 Å². The summed E-state index contributed by atoms with van der Waals surface area (Å²) in [6.07, 6.45) is 5.96. The summed E-state index contributed by atoms with van der Waals surface area (Å²) >= 11 is 0. The van der Waals surface area contributed by atoms with Gasteiger partial charge in [0, 0.05) is 6.04 Å². The zero-order valence-electron chi connectivity index (χ0n) is 12.8. The van der Waals surface area contributed by atoms with Crippen molar-refractivity contribution in [3.05, 3.63) is 29.6 Å². The van der Waals surface area contributed by atoms with Crippen molar-refractivity contribution in [2.24, 2.45) is 23.7 Å². The third-order valence-electron chi connectivity index (χ3n) is 5.97. The van der Waals surface area contributed by atoms with Gasteiger partial charge in [0.25, 0.3) is 0 Å². The van der Waals surface area contributed by atoms with Crippen LogP contribution < -0.4 is 4.72 Å². The number of sulfonamides is 1. The van der Waals surface area contributed by atoms with Gasteiger partial charge < -0.3 is 0 Å². The molecule has 5 rings (SSSR count). The van der Waals surface area contributed by atoms with Crippen LogP contribution >= 0.6 is 0 Å². The van der Waals surface area contributed by atoms with Gasteiger partial charge in [-0.25, -0.2) is 17.5 Å². The first-order valence-corrected chi connectivity index (χ1v) is 9.69. The molecule has 0 atom stereocenters. The van der Waals surface area contributed by atoms with Crippen molar-refractivity contribution in [3.63, 3.8) is 0 Å². The lowest BCUT2D eigenvalue weighted by Crippen LogP contribution is -2.55. The summed E-state index contributed by atoms with van der Waals surface area (Å²) in [6, 6.07) is 4.20. The Morgan fingerprint density at radius 3 is 2.18 bits per heavy atom. The minimum absolute atomic E-state index is 0.0437. The Bertz CT molecular complexity index is 673. The molecule has 0 aliphatic heterocycles. The molecule has 0 radical (unpaired) electrons. The van der Waals surface area contributed by atoms with Gasteiger partial charge in [-0.1, -0.05) is 6.07 Å². The summed E-state index contributed by atoms with van der Waals surface area (Å²) in [5.41, 5.74) is 0.466. The van der Waals surface area contributed by atoms with E-state index in [0.717, 1.165) is 43.6 Å². The molecule has 0 aromatic heterocycles. The van der Waals surface area contributed by atoms with Gasteiger partial charge in [-0.05, 0) is 80.4 Å². The summed E-state index contributed by atoms with van der Waals surface area (Å²) in [7, 11) is -3.63. The van der Waals surface area contributed by atoms with Gasteiger partial charge in [0.2, 0.25) is 10.0 Å². The average molecular weight is 323 g/mol. The fourth-order valence-corrected chi connectivity index (χ4v) is 6.49. The third kappa shape index (κ3) is 2.38. The third-order valence-corrected chi connectivity index (χ3v) is 7.43. The first-order chi connectivity index (χ1) is 10.4. The van der Waals surface area contributed by atoms with Crippen LogP contribution in [0.5, 0.6) is 0 Å². The van der Waals surface area contributed by atoms with Crippen LogP contribution in [0.25, 0.3) is 0 Å². The maximum absolute atomic E-state index is 13.7. The lowest BCUT2D eigenvalue weighted by molar-refractivity contribution is -0.00557. The average Bonchev–Trinajstić information content (AvgIpc) is 2.45. The minimum Gasteiger partial charge on any atom is -0.208 e. The molecule has 22 heavy (non-hydrogen) atoms. The van der Waals surface area contributed by atoms with Crippen LogP contribution in [-0.4, -0.2) is 14.5 Å². The molecule has 4 bridgehead atoms. The van der Waals surface area contributed by atoms with Gasteiger partial charge in [0.1, 0.15) is 5.82 Å². The number of rotatable bonds is 3. The summed E-state index contributed by atoms with van der Waals surface area (Å²) < 4.78 is 41.8. The molecule has 0 spiro atoms. The molecule has 3 nitrogen and oxygen atoms in total. The molecule has 4 saturated carbocycles. The highest BCUT2D eigenvalue weighted by molar-refractivity contribution is 7.89. The molecule has 0 amide bonds. The molecule has 5 heteroatoms. The van der Waals surface area contributed by atoms with Crippen LogP contribution in [0.3, 0.4) is 0 Å². The Hall–Kier alpha value is -0.940. The van der Waals surface area contributed by atoms with Crippen molar-refractivity contribution in [2.75, 3.05) is 0 Å². The maximum atomic E-state index is 13.7. The van der Waals surface area contributed by atoms with E-state index >= 15 is 0 Å². The number of hydrogen-bond acceptors (Lipinski definition) is 2. The molecular weight excluding hydrogens is 301 g/mol. The lowest BCUT2D eigenvalue weighted by atomic mass is 9.54. The molecule has 0 saturated heterocycles. The molecular formula is C17H22FNO2S. The monoisotopic (exact) mass is 323 g/mol. The maximum Gasteiger partial charge on any atom is 0.240 e. The first kappa shape index (κ1) is 14.6. The fraction of sp³-hybridized carbons (Fsp3) is 0.647. The standard InChI is InChI=1S/C17H22FNO2S/c1-10-2-3-15(9-16(10)18)22(20,21)19-17-13-5-11-4-12(7-13)8-14(17)6-11/h2-3,9,11-14,17,19H,4-8H2,1H3. The predicted molar refractivity (Wildman–Crippen MR) is 82.3 cm³/mol. The van der Waals surface area contributed by atoms with Crippen LogP contribution in [0.2, 0.25) is 0 Å². The van der Waals surface area contributed by atoms with E-state index in [0.29, 0.717) is 17.4 Å². The highest BCUT2D eigenvalue weighted by atomic mass is 32.2. The van der Waals surface area contributed by atoms with Gasteiger partial charge in [-0.3, -0.25) is 0 Å². The lowest BCUT2D eigenvalue weighted by Gasteiger charge is -2.54. The largest absolute Gasteiger partial charge is 0.240 e. The second-order valence-corrected chi connectivity index (χ2v) is 9.20. The van der Waals surface area contributed by atoms with Crippen molar-refractivity contribution >= 4 is 10.0 Å². The fourth-order valence-electron chi connectivity index (χ4n) is 5.11. The zero-order chi connectivity index (χ0) is 15.5. The molecule has 4 aliphatic rings. The molecule has 4 aliphatic carbocycles. The topological polar surface area (TPSA) is 46.2 Å². The predicted octanol–water partition coefficient (Wildman–Crippen LogP) is 3.24. The van der Waals surface area contributed by atoms with E-state index in [1.165, 1.54) is 18.6 Å². The van der Waals surface area contributed by atoms with Crippen molar-refractivity contribution in [1.82, 2.24) is 4.72 Å². The van der Waals surface area contributed by atoms with Crippen LogP contribution in [0.15, 0.2) is 23.1 Å². The summed E-state index contributed by atoms with van der Waals surface area (Å²) in [6.45, 7) is 1.64. The number of hydrogen-bond donors (Lipinski definition) is 1. The molecule has 0 unspecified atom stereocenters. The van der Waals surface area contributed by atoms with Crippen LogP contribution in [0.1, 0.15) is 37.7 Å². The molecule has 1 aromatic carbocycles. The zero-order valence-corrected chi connectivity index (χ0v) is 13.6. The van der Waals surface area contributed by atoms with E-state index in [4.69, 9.17) is 0 Å². The Labute approximate surface area is 131 Å². The number of halogens is 1. The van der Waals surface area contributed by atoms with Crippen molar-refractivity contribution < 1.29 is 12.8 Å². The van der Waals surface area contributed by atoms with Gasteiger partial charge in [-0.15, -0.1) is 0 Å². The normalized spacial score (nSPS) is 36.7. The highest BCUT2D eigenvalue weighted by Gasteiger charge is 2.49. The van der Waals surface area contributed by atoms with E-state index in [1.54, 1.807) is 6.92 Å². The minimum atomic E-state index is -3.63. The second-order valence-electron chi connectivity index (χ2n) is 7.49. The molecule has 1 N–H and O–H groups in total. The van der Waals surface area contributed by atoms with E-state index < -0.39 is 15.8 Å². The quantitative estimate of drug-likeness (QED) is 0.928. The van der Waals surface area contributed by atoms with Gasteiger partial charge in [0.05, 0.1) is 4.90 Å². The Morgan fingerprint density at radius 2 is 1.64 bits per heavy atom. The summed E-state index contributed by atoms with van der Waals surface area (Å²) in [4.78, 5) is 0.0457. The number of benzene rings is 1. The van der Waals surface area contributed by atoms with Gasteiger partial charge >= 0.3 is 0 Å². The van der Waals surface area contributed by atoms with Crippen LogP contribution in [0, 0.1) is 36.4 Å². The van der Waals surface area contributed by atoms with Crippen LogP contribution in [0.4, 0.5) is 4.39 Å². The van der Waals surface area contributed by atoms with Crippen molar-refractivity contribution in [2.45, 2.75) is 50.0 Å². The Morgan fingerprint density at radius 1 is 1.05 bits per heavy atom. The number of aryl methyl sites for hydroxylation is 1. The number of nitrogens with one attached hydrogen (secondary N) is 1. The summed E-state index contributed by atoms with van der Waals surface area (Å²) in [5, 5.41) is 0. The highest BCUT2D eigenvalue weighted by Crippen LogP contribution is 2.53.